The second-order valence-corrected chi connectivity index (χ2v) is 6.19. The third kappa shape index (κ3) is 2.25. The van der Waals surface area contributed by atoms with Gasteiger partial charge in [0.2, 0.25) is 5.95 Å². The summed E-state index contributed by atoms with van der Waals surface area (Å²) in [5.41, 5.74) is 3.99. The molecular formula is C18H15ClN4O. The topological polar surface area (TPSA) is 73.6 Å². The van der Waals surface area contributed by atoms with Crippen LogP contribution in [0.25, 0.3) is 21.8 Å². The summed E-state index contributed by atoms with van der Waals surface area (Å²) >= 11 is 6.17. The number of anilines is 2. The Bertz CT molecular complexity index is 1140. The van der Waals surface area contributed by atoms with Gasteiger partial charge in [0, 0.05) is 5.69 Å². The predicted octanol–water partition coefficient (Wildman–Crippen LogP) is 4.42. The van der Waals surface area contributed by atoms with Crippen LogP contribution in [0.1, 0.15) is 11.3 Å². The van der Waals surface area contributed by atoms with Gasteiger partial charge >= 0.3 is 0 Å². The van der Waals surface area contributed by atoms with Gasteiger partial charge in [0.1, 0.15) is 5.52 Å². The number of benzene rings is 2. The molecule has 120 valence electrons. The molecule has 0 aliphatic rings. The third-order valence-electron chi connectivity index (χ3n) is 4.28. The van der Waals surface area contributed by atoms with E-state index in [1.807, 2.05) is 44.2 Å². The van der Waals surface area contributed by atoms with E-state index < -0.39 is 0 Å². The van der Waals surface area contributed by atoms with Gasteiger partial charge in [0.15, 0.2) is 0 Å². The molecule has 4 rings (SSSR count). The number of para-hydroxylation sites is 1. The molecule has 0 aliphatic heterocycles. The molecule has 0 spiro atoms. The third-order valence-corrected chi connectivity index (χ3v) is 4.61. The first-order valence-corrected chi connectivity index (χ1v) is 7.96. The van der Waals surface area contributed by atoms with E-state index in [2.05, 4.69) is 20.3 Å². The summed E-state index contributed by atoms with van der Waals surface area (Å²) in [6.07, 6.45) is 0. The van der Waals surface area contributed by atoms with Crippen molar-refractivity contribution in [2.24, 2.45) is 0 Å². The highest BCUT2D eigenvalue weighted by Crippen LogP contribution is 2.28. The number of imidazole rings is 1. The smallest absolute Gasteiger partial charge is 0.258 e. The number of fused-ring (bicyclic) bond motifs is 3. The highest BCUT2D eigenvalue weighted by Gasteiger charge is 2.13. The SMILES string of the molecule is Cc1[nH]c(=O)c2c(ccc3[nH]c(Nc4ccccc4Cl)nc32)c1C. The lowest BCUT2D eigenvalue weighted by Crippen LogP contribution is -2.10. The lowest BCUT2D eigenvalue weighted by molar-refractivity contribution is 1.14. The highest BCUT2D eigenvalue weighted by molar-refractivity contribution is 6.33. The number of aryl methyl sites for hydroxylation is 2. The van der Waals surface area contributed by atoms with Gasteiger partial charge in [-0.1, -0.05) is 29.8 Å². The Kier molecular flexibility index (Phi) is 3.32. The monoisotopic (exact) mass is 338 g/mol. The van der Waals surface area contributed by atoms with E-state index in [0.29, 0.717) is 21.9 Å². The van der Waals surface area contributed by atoms with Gasteiger partial charge in [-0.15, -0.1) is 0 Å². The van der Waals surface area contributed by atoms with E-state index in [1.54, 1.807) is 6.07 Å². The van der Waals surface area contributed by atoms with Gasteiger partial charge in [-0.05, 0) is 43.0 Å². The first kappa shape index (κ1) is 14.8. The van der Waals surface area contributed by atoms with Crippen LogP contribution < -0.4 is 10.9 Å². The molecule has 0 radical (unpaired) electrons. The molecule has 5 nitrogen and oxygen atoms in total. The average Bonchev–Trinajstić information content (AvgIpc) is 2.96. The van der Waals surface area contributed by atoms with Crippen LogP contribution in [0.5, 0.6) is 0 Å². The molecule has 2 heterocycles. The van der Waals surface area contributed by atoms with Gasteiger partial charge in [0.05, 0.1) is 21.6 Å². The summed E-state index contributed by atoms with van der Waals surface area (Å²) in [6, 6.07) is 11.3. The number of hydrogen-bond donors (Lipinski definition) is 3. The van der Waals surface area contributed by atoms with E-state index in [9.17, 15) is 4.79 Å². The number of halogens is 1. The van der Waals surface area contributed by atoms with Crippen LogP contribution in [0, 0.1) is 13.8 Å². The van der Waals surface area contributed by atoms with Crippen LogP contribution in [0.15, 0.2) is 41.2 Å². The Labute approximate surface area is 142 Å². The van der Waals surface area contributed by atoms with Crippen molar-refractivity contribution < 1.29 is 0 Å². The Morgan fingerprint density at radius 3 is 2.67 bits per heavy atom. The summed E-state index contributed by atoms with van der Waals surface area (Å²) in [5.74, 6) is 0.545. The predicted molar refractivity (Wildman–Crippen MR) is 98.4 cm³/mol. The standard InChI is InChI=1S/C18H15ClN4O/c1-9-10(2)20-17(24)15-11(9)7-8-14-16(15)23-18(22-14)21-13-6-4-3-5-12(13)19/h3-8H,1-2H3,(H,20,24)(H2,21,22,23). The second-order valence-electron chi connectivity index (χ2n) is 5.78. The Hall–Kier alpha value is -2.79. The number of rotatable bonds is 2. The van der Waals surface area contributed by atoms with Crippen molar-refractivity contribution in [3.63, 3.8) is 0 Å². The summed E-state index contributed by atoms with van der Waals surface area (Å²) in [6.45, 7) is 3.89. The zero-order valence-electron chi connectivity index (χ0n) is 13.2. The molecule has 2 aromatic heterocycles. The molecule has 4 aromatic rings. The van der Waals surface area contributed by atoms with Gasteiger partial charge in [0.25, 0.3) is 5.56 Å². The molecule has 0 amide bonds. The fourth-order valence-corrected chi connectivity index (χ4v) is 3.08. The van der Waals surface area contributed by atoms with E-state index in [1.165, 1.54) is 0 Å². The van der Waals surface area contributed by atoms with E-state index in [0.717, 1.165) is 27.8 Å². The van der Waals surface area contributed by atoms with E-state index >= 15 is 0 Å². The van der Waals surface area contributed by atoms with Crippen molar-refractivity contribution in [1.82, 2.24) is 15.0 Å². The van der Waals surface area contributed by atoms with E-state index in [4.69, 9.17) is 11.6 Å². The zero-order valence-corrected chi connectivity index (χ0v) is 14.0. The molecule has 0 unspecified atom stereocenters. The lowest BCUT2D eigenvalue weighted by atomic mass is 10.0. The molecule has 0 aliphatic carbocycles. The van der Waals surface area contributed by atoms with Gasteiger partial charge in [-0.3, -0.25) is 4.79 Å². The first-order chi connectivity index (χ1) is 11.5. The number of aromatic amines is 2. The number of H-pyrrole nitrogens is 2. The molecule has 6 heteroatoms. The molecule has 2 aromatic carbocycles. The molecule has 24 heavy (non-hydrogen) atoms. The fraction of sp³-hybridized carbons (Fsp3) is 0.111. The van der Waals surface area contributed by atoms with Crippen molar-refractivity contribution in [2.45, 2.75) is 13.8 Å². The number of aromatic nitrogens is 3. The average molecular weight is 339 g/mol. The maximum atomic E-state index is 12.4. The van der Waals surface area contributed by atoms with Crippen molar-refractivity contribution >= 4 is 45.0 Å². The van der Waals surface area contributed by atoms with Crippen LogP contribution in [0.3, 0.4) is 0 Å². The van der Waals surface area contributed by atoms with Gasteiger partial charge in [-0.25, -0.2) is 4.98 Å². The quantitative estimate of drug-likeness (QED) is 0.506. The van der Waals surface area contributed by atoms with Gasteiger partial charge < -0.3 is 15.3 Å². The van der Waals surface area contributed by atoms with Crippen LogP contribution in [-0.4, -0.2) is 15.0 Å². The summed E-state index contributed by atoms with van der Waals surface area (Å²) in [7, 11) is 0. The second kappa shape index (κ2) is 5.39. The van der Waals surface area contributed by atoms with Crippen LogP contribution in [-0.2, 0) is 0 Å². The van der Waals surface area contributed by atoms with Crippen LogP contribution in [0.4, 0.5) is 11.6 Å². The molecule has 0 fully saturated rings. The maximum Gasteiger partial charge on any atom is 0.258 e. The Balaban J connectivity index is 1.93. The van der Waals surface area contributed by atoms with Crippen molar-refractivity contribution in [1.29, 1.82) is 0 Å². The molecule has 0 saturated carbocycles. The minimum absolute atomic E-state index is 0.130. The summed E-state index contributed by atoms with van der Waals surface area (Å²) < 4.78 is 0. The number of pyridine rings is 1. The van der Waals surface area contributed by atoms with Crippen molar-refractivity contribution in [3.8, 4) is 0 Å². The largest absolute Gasteiger partial charge is 0.326 e. The molecule has 0 atom stereocenters. The normalized spacial score (nSPS) is 11.3. The van der Waals surface area contributed by atoms with Crippen molar-refractivity contribution in [2.75, 3.05) is 5.32 Å². The number of hydrogen-bond acceptors (Lipinski definition) is 3. The Morgan fingerprint density at radius 1 is 1.08 bits per heavy atom. The first-order valence-electron chi connectivity index (χ1n) is 7.58. The lowest BCUT2D eigenvalue weighted by Gasteiger charge is -2.05. The highest BCUT2D eigenvalue weighted by atomic mass is 35.5. The number of nitrogens with zero attached hydrogens (tertiary/aromatic N) is 1. The van der Waals surface area contributed by atoms with Crippen LogP contribution >= 0.6 is 11.6 Å². The minimum Gasteiger partial charge on any atom is -0.326 e. The Morgan fingerprint density at radius 2 is 1.88 bits per heavy atom. The molecule has 0 saturated heterocycles. The zero-order chi connectivity index (χ0) is 16.8. The molecular weight excluding hydrogens is 324 g/mol. The molecule has 0 bridgehead atoms. The maximum absolute atomic E-state index is 12.4. The summed E-state index contributed by atoms with van der Waals surface area (Å²) in [5, 5.41) is 5.28. The van der Waals surface area contributed by atoms with Gasteiger partial charge in [-0.2, -0.15) is 0 Å². The number of nitrogens with one attached hydrogen (secondary N) is 3. The fourth-order valence-electron chi connectivity index (χ4n) is 2.90. The van der Waals surface area contributed by atoms with Crippen LogP contribution in [0.2, 0.25) is 5.02 Å². The van der Waals surface area contributed by atoms with E-state index in [-0.39, 0.29) is 5.56 Å². The minimum atomic E-state index is -0.130. The van der Waals surface area contributed by atoms with Crippen molar-refractivity contribution in [3.05, 3.63) is 63.0 Å². The molecule has 3 N–H and O–H groups in total. The summed E-state index contributed by atoms with van der Waals surface area (Å²) in [4.78, 5) is 23.1.